The van der Waals surface area contributed by atoms with Gasteiger partial charge in [0.05, 0.1) is 5.56 Å². The standard InChI is InChI=1S/C15H19BrN2O2S/c1-3-9-17-15(20)13(8-10-21-2)18-14(19)11-6-4-5-7-12(11)16/h3-7,13H,1,8-10H2,2H3,(H,17,20)(H,18,19). The number of halogens is 1. The van der Waals surface area contributed by atoms with Crippen LogP contribution in [0.4, 0.5) is 0 Å². The van der Waals surface area contributed by atoms with Crippen molar-refractivity contribution in [3.05, 3.63) is 47.0 Å². The average Bonchev–Trinajstić information content (AvgIpc) is 2.49. The molecule has 0 aliphatic carbocycles. The first-order valence-corrected chi connectivity index (χ1v) is 8.71. The molecule has 21 heavy (non-hydrogen) atoms. The number of nitrogens with one attached hydrogen (secondary N) is 2. The highest BCUT2D eigenvalue weighted by molar-refractivity contribution is 9.10. The van der Waals surface area contributed by atoms with E-state index in [9.17, 15) is 9.59 Å². The van der Waals surface area contributed by atoms with E-state index in [2.05, 4.69) is 33.1 Å². The molecule has 0 fully saturated rings. The summed E-state index contributed by atoms with van der Waals surface area (Å²) >= 11 is 4.98. The van der Waals surface area contributed by atoms with Crippen molar-refractivity contribution in [2.45, 2.75) is 12.5 Å². The molecule has 0 saturated heterocycles. The molecule has 114 valence electrons. The lowest BCUT2D eigenvalue weighted by atomic mass is 10.1. The Hall–Kier alpha value is -1.27. The third-order valence-corrected chi connectivity index (χ3v) is 4.11. The molecule has 1 aromatic carbocycles. The average molecular weight is 371 g/mol. The van der Waals surface area contributed by atoms with Gasteiger partial charge in [0.1, 0.15) is 6.04 Å². The van der Waals surface area contributed by atoms with Crippen LogP contribution in [0.2, 0.25) is 0 Å². The van der Waals surface area contributed by atoms with Gasteiger partial charge >= 0.3 is 0 Å². The molecule has 2 N–H and O–H groups in total. The molecule has 1 atom stereocenters. The fraction of sp³-hybridized carbons (Fsp3) is 0.333. The summed E-state index contributed by atoms with van der Waals surface area (Å²) in [6, 6.07) is 6.59. The SMILES string of the molecule is C=CCNC(=O)C(CCSC)NC(=O)c1ccccc1Br. The van der Waals surface area contributed by atoms with Crippen molar-refractivity contribution in [1.29, 1.82) is 0 Å². The second-order valence-corrected chi connectivity index (χ2v) is 6.16. The normalized spacial score (nSPS) is 11.5. The third kappa shape index (κ3) is 5.93. The molecule has 0 aromatic heterocycles. The first-order valence-electron chi connectivity index (χ1n) is 6.53. The monoisotopic (exact) mass is 370 g/mol. The first-order chi connectivity index (χ1) is 10.1. The number of thioether (sulfide) groups is 1. The van der Waals surface area contributed by atoms with Crippen LogP contribution in [-0.4, -0.2) is 36.4 Å². The Kier molecular flexibility index (Phi) is 8.15. The van der Waals surface area contributed by atoms with Crippen molar-refractivity contribution >= 4 is 39.5 Å². The molecule has 0 aliphatic rings. The van der Waals surface area contributed by atoms with Crippen molar-refractivity contribution in [1.82, 2.24) is 10.6 Å². The molecular weight excluding hydrogens is 352 g/mol. The summed E-state index contributed by atoms with van der Waals surface area (Å²) in [4.78, 5) is 24.3. The number of carbonyl (C=O) groups excluding carboxylic acids is 2. The van der Waals surface area contributed by atoms with Gasteiger partial charge < -0.3 is 10.6 Å². The van der Waals surface area contributed by atoms with E-state index in [0.29, 0.717) is 23.0 Å². The van der Waals surface area contributed by atoms with E-state index in [1.54, 1.807) is 36.0 Å². The number of amides is 2. The van der Waals surface area contributed by atoms with Crippen LogP contribution < -0.4 is 10.6 Å². The molecule has 1 rings (SSSR count). The molecule has 0 heterocycles. The topological polar surface area (TPSA) is 58.2 Å². The van der Waals surface area contributed by atoms with Crippen molar-refractivity contribution in [3.63, 3.8) is 0 Å². The molecule has 0 aliphatic heterocycles. The quantitative estimate of drug-likeness (QED) is 0.691. The molecule has 0 saturated carbocycles. The molecule has 4 nitrogen and oxygen atoms in total. The zero-order valence-electron chi connectivity index (χ0n) is 11.9. The maximum Gasteiger partial charge on any atom is 0.253 e. The Morgan fingerprint density at radius 1 is 1.43 bits per heavy atom. The smallest absolute Gasteiger partial charge is 0.253 e. The Bertz CT molecular complexity index is 508. The Morgan fingerprint density at radius 2 is 2.14 bits per heavy atom. The fourth-order valence-corrected chi connectivity index (χ4v) is 2.62. The summed E-state index contributed by atoms with van der Waals surface area (Å²) < 4.78 is 0.706. The van der Waals surface area contributed by atoms with Gasteiger partial charge in [-0.05, 0) is 46.5 Å². The molecule has 0 radical (unpaired) electrons. The predicted octanol–water partition coefficient (Wildman–Crippen LogP) is 2.60. The van der Waals surface area contributed by atoms with Crippen LogP contribution in [0.1, 0.15) is 16.8 Å². The first kappa shape index (κ1) is 17.8. The predicted molar refractivity (Wildman–Crippen MR) is 91.6 cm³/mol. The van der Waals surface area contributed by atoms with E-state index in [-0.39, 0.29) is 11.8 Å². The number of hydrogen-bond donors (Lipinski definition) is 2. The van der Waals surface area contributed by atoms with Gasteiger partial charge in [0, 0.05) is 11.0 Å². The highest BCUT2D eigenvalue weighted by Crippen LogP contribution is 2.16. The van der Waals surface area contributed by atoms with Crippen molar-refractivity contribution in [2.75, 3.05) is 18.6 Å². The number of benzene rings is 1. The van der Waals surface area contributed by atoms with Gasteiger partial charge in [-0.15, -0.1) is 6.58 Å². The summed E-state index contributed by atoms with van der Waals surface area (Å²) in [6.45, 7) is 3.95. The lowest BCUT2D eigenvalue weighted by Gasteiger charge is -2.18. The maximum absolute atomic E-state index is 12.3. The lowest BCUT2D eigenvalue weighted by molar-refractivity contribution is -0.122. The molecular formula is C15H19BrN2O2S. The number of hydrogen-bond acceptors (Lipinski definition) is 3. The minimum Gasteiger partial charge on any atom is -0.351 e. The van der Waals surface area contributed by atoms with Crippen LogP contribution in [0.25, 0.3) is 0 Å². The highest BCUT2D eigenvalue weighted by Gasteiger charge is 2.21. The molecule has 0 spiro atoms. The Morgan fingerprint density at radius 3 is 2.76 bits per heavy atom. The van der Waals surface area contributed by atoms with Gasteiger partial charge in [-0.2, -0.15) is 11.8 Å². The van der Waals surface area contributed by atoms with E-state index < -0.39 is 6.04 Å². The molecule has 1 unspecified atom stereocenters. The van der Waals surface area contributed by atoms with Gasteiger partial charge in [0.15, 0.2) is 0 Å². The zero-order chi connectivity index (χ0) is 15.7. The van der Waals surface area contributed by atoms with Gasteiger partial charge in [0.2, 0.25) is 5.91 Å². The van der Waals surface area contributed by atoms with Crippen LogP contribution in [0.3, 0.4) is 0 Å². The van der Waals surface area contributed by atoms with E-state index in [4.69, 9.17) is 0 Å². The van der Waals surface area contributed by atoms with E-state index >= 15 is 0 Å². The second kappa shape index (κ2) is 9.63. The van der Waals surface area contributed by atoms with E-state index in [0.717, 1.165) is 5.75 Å². The van der Waals surface area contributed by atoms with Crippen molar-refractivity contribution in [3.8, 4) is 0 Å². The minimum atomic E-state index is -0.544. The summed E-state index contributed by atoms with van der Waals surface area (Å²) in [7, 11) is 0. The van der Waals surface area contributed by atoms with Crippen LogP contribution in [-0.2, 0) is 4.79 Å². The molecule has 0 bridgehead atoms. The van der Waals surface area contributed by atoms with Crippen molar-refractivity contribution in [2.24, 2.45) is 0 Å². The fourth-order valence-electron chi connectivity index (χ4n) is 1.68. The summed E-state index contributed by atoms with van der Waals surface area (Å²) in [5.41, 5.74) is 0.517. The lowest BCUT2D eigenvalue weighted by Crippen LogP contribution is -2.47. The maximum atomic E-state index is 12.3. The number of rotatable bonds is 8. The highest BCUT2D eigenvalue weighted by atomic mass is 79.9. The Balaban J connectivity index is 2.75. The summed E-state index contributed by atoms with van der Waals surface area (Å²) in [5, 5.41) is 5.51. The van der Waals surface area contributed by atoms with Crippen LogP contribution in [0.15, 0.2) is 41.4 Å². The van der Waals surface area contributed by atoms with E-state index in [1.165, 1.54) is 0 Å². The molecule has 1 aromatic rings. The van der Waals surface area contributed by atoms with Crippen LogP contribution in [0, 0.1) is 0 Å². The third-order valence-electron chi connectivity index (χ3n) is 2.77. The number of carbonyl (C=O) groups is 2. The van der Waals surface area contributed by atoms with Gasteiger partial charge in [-0.25, -0.2) is 0 Å². The molecule has 6 heteroatoms. The molecule has 2 amide bonds. The van der Waals surface area contributed by atoms with Gasteiger partial charge in [-0.1, -0.05) is 18.2 Å². The largest absolute Gasteiger partial charge is 0.351 e. The van der Waals surface area contributed by atoms with E-state index in [1.807, 2.05) is 12.3 Å². The zero-order valence-corrected chi connectivity index (χ0v) is 14.3. The minimum absolute atomic E-state index is 0.190. The second-order valence-electron chi connectivity index (χ2n) is 4.32. The Labute approximate surface area is 137 Å². The summed E-state index contributed by atoms with van der Waals surface area (Å²) in [6.07, 6.45) is 4.16. The van der Waals surface area contributed by atoms with Gasteiger partial charge in [-0.3, -0.25) is 9.59 Å². The van der Waals surface area contributed by atoms with Crippen LogP contribution >= 0.6 is 27.7 Å². The van der Waals surface area contributed by atoms with Crippen LogP contribution in [0.5, 0.6) is 0 Å². The van der Waals surface area contributed by atoms with Crippen molar-refractivity contribution < 1.29 is 9.59 Å². The summed E-state index contributed by atoms with van der Waals surface area (Å²) in [5.74, 6) is 0.342. The van der Waals surface area contributed by atoms with Gasteiger partial charge in [0.25, 0.3) is 5.91 Å².